The molecular weight excluding hydrogens is 274 g/mol. The Morgan fingerprint density at radius 2 is 2.00 bits per heavy atom. The predicted molar refractivity (Wildman–Crippen MR) is 78.8 cm³/mol. The highest BCUT2D eigenvalue weighted by Gasteiger charge is 2.32. The number of benzene rings is 1. The fourth-order valence-electron chi connectivity index (χ4n) is 2.51. The minimum atomic E-state index is -0.567. The Balaban J connectivity index is 2.17. The molecule has 0 saturated carbocycles. The first-order chi connectivity index (χ1) is 9.58. The highest BCUT2D eigenvalue weighted by Crippen LogP contribution is 2.46. The Bertz CT molecular complexity index is 694. The summed E-state index contributed by atoms with van der Waals surface area (Å²) in [6, 6.07) is 9.65. The summed E-state index contributed by atoms with van der Waals surface area (Å²) in [6.45, 7) is 0. The van der Waals surface area contributed by atoms with E-state index in [4.69, 9.17) is 11.5 Å². The van der Waals surface area contributed by atoms with E-state index in [0.717, 1.165) is 22.5 Å². The number of nitrogens with two attached hydrogens (primary N) is 2. The molecule has 5 N–H and O–H groups in total. The van der Waals surface area contributed by atoms with Crippen LogP contribution in [0.5, 0.6) is 0 Å². The van der Waals surface area contributed by atoms with Crippen molar-refractivity contribution >= 4 is 33.8 Å². The lowest BCUT2D eigenvalue weighted by Crippen LogP contribution is -2.22. The Morgan fingerprint density at radius 3 is 2.65 bits per heavy atom. The maximum Gasteiger partial charge on any atom is 0.260 e. The molecule has 0 unspecified atom stereocenters. The zero-order valence-corrected chi connectivity index (χ0v) is 11.4. The molecule has 2 heterocycles. The largest absolute Gasteiger partial charge is 0.397 e. The van der Waals surface area contributed by atoms with Gasteiger partial charge in [0.1, 0.15) is 9.88 Å². The lowest BCUT2D eigenvalue weighted by molar-refractivity contribution is -0.116. The normalized spacial score (nSPS) is 17.4. The van der Waals surface area contributed by atoms with Crippen molar-refractivity contribution < 1.29 is 9.59 Å². The second kappa shape index (κ2) is 4.64. The van der Waals surface area contributed by atoms with Crippen LogP contribution in [0, 0.1) is 0 Å². The Morgan fingerprint density at radius 1 is 1.30 bits per heavy atom. The van der Waals surface area contributed by atoms with Gasteiger partial charge in [0.15, 0.2) is 0 Å². The van der Waals surface area contributed by atoms with Gasteiger partial charge >= 0.3 is 0 Å². The average Bonchev–Trinajstić information content (AvgIpc) is 2.76. The van der Waals surface area contributed by atoms with Crippen molar-refractivity contribution in [2.24, 2.45) is 5.73 Å². The Kier molecular flexibility index (Phi) is 2.94. The third-order valence-corrected chi connectivity index (χ3v) is 4.55. The molecule has 1 atom stereocenters. The van der Waals surface area contributed by atoms with Crippen LogP contribution in [0.2, 0.25) is 0 Å². The number of carbonyl (C=O) groups excluding carboxylic acids is 2. The second-order valence-electron chi connectivity index (χ2n) is 4.67. The van der Waals surface area contributed by atoms with Gasteiger partial charge in [-0.05, 0) is 5.56 Å². The van der Waals surface area contributed by atoms with Crippen LogP contribution in [0.3, 0.4) is 0 Å². The molecule has 0 spiro atoms. The van der Waals surface area contributed by atoms with Crippen LogP contribution < -0.4 is 16.8 Å². The van der Waals surface area contributed by atoms with Crippen molar-refractivity contribution in [2.45, 2.75) is 12.3 Å². The van der Waals surface area contributed by atoms with Crippen LogP contribution in [0.4, 0.5) is 10.7 Å². The molecule has 1 aromatic heterocycles. The fourth-order valence-corrected chi connectivity index (χ4v) is 3.57. The maximum absolute atomic E-state index is 11.8. The number of amides is 2. The summed E-state index contributed by atoms with van der Waals surface area (Å²) in [4.78, 5) is 23.5. The number of thiophene rings is 1. The van der Waals surface area contributed by atoms with E-state index in [-0.39, 0.29) is 11.8 Å². The molecule has 1 aliphatic heterocycles. The van der Waals surface area contributed by atoms with Crippen LogP contribution in [0.1, 0.15) is 33.1 Å². The van der Waals surface area contributed by atoms with Gasteiger partial charge in [0, 0.05) is 17.9 Å². The van der Waals surface area contributed by atoms with Crippen molar-refractivity contribution in [3.63, 3.8) is 0 Å². The Hall–Kier alpha value is -2.34. The van der Waals surface area contributed by atoms with Crippen molar-refractivity contribution in [3.05, 3.63) is 46.3 Å². The van der Waals surface area contributed by atoms with Crippen LogP contribution in [-0.4, -0.2) is 11.8 Å². The number of primary amides is 1. The van der Waals surface area contributed by atoms with Gasteiger partial charge < -0.3 is 16.8 Å². The van der Waals surface area contributed by atoms with Crippen molar-refractivity contribution in [2.75, 3.05) is 11.1 Å². The molecule has 0 aliphatic carbocycles. The van der Waals surface area contributed by atoms with E-state index in [1.807, 2.05) is 30.3 Å². The van der Waals surface area contributed by atoms with Gasteiger partial charge in [-0.3, -0.25) is 9.59 Å². The van der Waals surface area contributed by atoms with Crippen molar-refractivity contribution in [1.82, 2.24) is 0 Å². The van der Waals surface area contributed by atoms with Crippen LogP contribution in [-0.2, 0) is 4.79 Å². The third-order valence-electron chi connectivity index (χ3n) is 3.40. The summed E-state index contributed by atoms with van der Waals surface area (Å²) < 4.78 is 0. The van der Waals surface area contributed by atoms with E-state index in [1.54, 1.807) is 0 Å². The summed E-state index contributed by atoms with van der Waals surface area (Å²) in [5, 5.41) is 3.39. The van der Waals surface area contributed by atoms with Crippen LogP contribution >= 0.6 is 11.3 Å². The topological polar surface area (TPSA) is 98.2 Å². The molecule has 2 aromatic rings. The summed E-state index contributed by atoms with van der Waals surface area (Å²) in [6.07, 6.45) is 0.316. The third kappa shape index (κ3) is 1.94. The lowest BCUT2D eigenvalue weighted by Gasteiger charge is -2.23. The number of hydrogen-bond acceptors (Lipinski definition) is 4. The van der Waals surface area contributed by atoms with Crippen LogP contribution in [0.15, 0.2) is 30.3 Å². The minimum absolute atomic E-state index is 0.0800. The molecule has 3 rings (SSSR count). The summed E-state index contributed by atoms with van der Waals surface area (Å²) in [5.41, 5.74) is 13.6. The second-order valence-corrected chi connectivity index (χ2v) is 5.69. The molecule has 0 radical (unpaired) electrons. The molecule has 0 fully saturated rings. The number of hydrogen-bond donors (Lipinski definition) is 3. The lowest BCUT2D eigenvalue weighted by atomic mass is 9.86. The summed E-state index contributed by atoms with van der Waals surface area (Å²) >= 11 is 1.14. The number of anilines is 2. The SMILES string of the molecule is NC(=O)c1sc2c(c1N)[C@@H](c1ccccc1)CC(=O)N2. The molecule has 6 heteroatoms. The van der Waals surface area contributed by atoms with Crippen LogP contribution in [0.25, 0.3) is 0 Å². The first-order valence-electron chi connectivity index (χ1n) is 6.14. The quantitative estimate of drug-likeness (QED) is 0.786. The molecule has 5 nitrogen and oxygen atoms in total. The fraction of sp³-hybridized carbons (Fsp3) is 0.143. The molecular formula is C14H13N3O2S. The van der Waals surface area contributed by atoms with Gasteiger partial charge in [-0.25, -0.2) is 0 Å². The molecule has 0 bridgehead atoms. The highest BCUT2D eigenvalue weighted by molar-refractivity contribution is 7.19. The molecule has 1 aliphatic rings. The number of rotatable bonds is 2. The summed E-state index contributed by atoms with van der Waals surface area (Å²) in [7, 11) is 0. The maximum atomic E-state index is 11.8. The van der Waals surface area contributed by atoms with Crippen molar-refractivity contribution in [3.8, 4) is 0 Å². The smallest absolute Gasteiger partial charge is 0.260 e. The first-order valence-corrected chi connectivity index (χ1v) is 6.96. The zero-order valence-electron chi connectivity index (χ0n) is 10.6. The first kappa shape index (κ1) is 12.7. The molecule has 2 amide bonds. The zero-order chi connectivity index (χ0) is 14.3. The van der Waals surface area contributed by atoms with E-state index >= 15 is 0 Å². The number of carbonyl (C=O) groups is 2. The van der Waals surface area contributed by atoms with E-state index in [1.165, 1.54) is 0 Å². The van der Waals surface area contributed by atoms with Gasteiger partial charge in [-0.2, -0.15) is 0 Å². The van der Waals surface area contributed by atoms with E-state index in [2.05, 4.69) is 5.32 Å². The van der Waals surface area contributed by atoms with E-state index < -0.39 is 5.91 Å². The predicted octanol–water partition coefficient (Wildman–Crippen LogP) is 1.90. The van der Waals surface area contributed by atoms with E-state index in [9.17, 15) is 9.59 Å². The van der Waals surface area contributed by atoms with Crippen molar-refractivity contribution in [1.29, 1.82) is 0 Å². The Labute approximate surface area is 119 Å². The highest BCUT2D eigenvalue weighted by atomic mass is 32.1. The minimum Gasteiger partial charge on any atom is -0.397 e. The molecule has 20 heavy (non-hydrogen) atoms. The number of fused-ring (bicyclic) bond motifs is 1. The molecule has 0 saturated heterocycles. The van der Waals surface area contributed by atoms with E-state index in [0.29, 0.717) is 22.0 Å². The van der Waals surface area contributed by atoms with Gasteiger partial charge in [-0.15, -0.1) is 11.3 Å². The number of nitrogen functional groups attached to an aromatic ring is 1. The standard InChI is InChI=1S/C14H13N3O2S/c15-11-10-8(7-4-2-1-3-5-7)6-9(18)17-14(10)20-12(11)13(16)19/h1-5,8H,6,15H2,(H2,16,19)(H,17,18)/t8-/m1/s1. The van der Waals surface area contributed by atoms with Gasteiger partial charge in [-0.1, -0.05) is 30.3 Å². The van der Waals surface area contributed by atoms with Gasteiger partial charge in [0.2, 0.25) is 5.91 Å². The van der Waals surface area contributed by atoms with Gasteiger partial charge in [0.05, 0.1) is 5.69 Å². The monoisotopic (exact) mass is 287 g/mol. The molecule has 102 valence electrons. The number of nitrogens with one attached hydrogen (secondary N) is 1. The average molecular weight is 287 g/mol. The molecule has 1 aromatic carbocycles. The van der Waals surface area contributed by atoms with Gasteiger partial charge in [0.25, 0.3) is 5.91 Å². The summed E-state index contributed by atoms with van der Waals surface area (Å²) in [5.74, 6) is -0.782.